The Morgan fingerprint density at radius 3 is 2.68 bits per heavy atom. The second-order valence-corrected chi connectivity index (χ2v) is 9.62. The van der Waals surface area contributed by atoms with Gasteiger partial charge in [0.1, 0.15) is 6.04 Å². The number of piperazine rings is 2. The highest BCUT2D eigenvalue weighted by atomic mass is 35.5. The van der Waals surface area contributed by atoms with Crippen LogP contribution in [0.2, 0.25) is 5.02 Å². The van der Waals surface area contributed by atoms with E-state index in [1.807, 2.05) is 23.1 Å². The fraction of sp³-hybridized carbons (Fsp3) is 0.652. The molecule has 1 aromatic rings. The Balaban J connectivity index is 1.23. The summed E-state index contributed by atoms with van der Waals surface area (Å²) >= 11 is 6.14. The van der Waals surface area contributed by atoms with Gasteiger partial charge in [-0.1, -0.05) is 17.7 Å². The number of carbonyl (C=O) groups is 2. The number of hydrazine groups is 1. The maximum absolute atomic E-state index is 13.4. The molecule has 7 nitrogen and oxygen atoms in total. The van der Waals surface area contributed by atoms with Gasteiger partial charge in [-0.2, -0.15) is 0 Å². The van der Waals surface area contributed by atoms with Crippen LogP contribution in [0.4, 0.5) is 5.69 Å². The number of nitrogens with one attached hydrogen (secondary N) is 1. The molecule has 0 radical (unpaired) electrons. The van der Waals surface area contributed by atoms with Gasteiger partial charge in [-0.3, -0.25) is 15.0 Å². The van der Waals surface area contributed by atoms with Crippen LogP contribution in [0.15, 0.2) is 24.3 Å². The number of hydrogen-bond donors (Lipinski definition) is 1. The summed E-state index contributed by atoms with van der Waals surface area (Å²) in [5.74, 6) is 0.515. The molecule has 4 unspecified atom stereocenters. The van der Waals surface area contributed by atoms with Gasteiger partial charge in [0.05, 0.1) is 0 Å². The predicted molar refractivity (Wildman–Crippen MR) is 121 cm³/mol. The highest BCUT2D eigenvalue weighted by Gasteiger charge is 2.51. The number of anilines is 1. The van der Waals surface area contributed by atoms with E-state index in [0.717, 1.165) is 75.7 Å². The molecule has 0 bridgehead atoms. The van der Waals surface area contributed by atoms with Crippen LogP contribution in [0.25, 0.3) is 0 Å². The molecule has 1 N–H and O–H groups in total. The van der Waals surface area contributed by atoms with E-state index in [4.69, 9.17) is 11.6 Å². The molecule has 1 aromatic carbocycles. The Morgan fingerprint density at radius 1 is 1.13 bits per heavy atom. The van der Waals surface area contributed by atoms with E-state index in [1.165, 1.54) is 0 Å². The zero-order valence-electron chi connectivity index (χ0n) is 18.2. The highest BCUT2D eigenvalue weighted by molar-refractivity contribution is 6.30. The summed E-state index contributed by atoms with van der Waals surface area (Å²) in [5.41, 5.74) is 4.56. The monoisotopic (exact) mass is 445 g/mol. The van der Waals surface area contributed by atoms with E-state index in [-0.39, 0.29) is 29.8 Å². The normalized spacial score (nSPS) is 31.5. The summed E-state index contributed by atoms with van der Waals surface area (Å²) in [6.07, 6.45) is 3.54. The second-order valence-electron chi connectivity index (χ2n) is 9.18. The first-order valence-electron chi connectivity index (χ1n) is 11.7. The van der Waals surface area contributed by atoms with Crippen LogP contribution < -0.4 is 10.3 Å². The van der Waals surface area contributed by atoms with Crippen molar-refractivity contribution in [2.75, 3.05) is 44.2 Å². The zero-order chi connectivity index (χ0) is 21.5. The van der Waals surface area contributed by atoms with Crippen LogP contribution >= 0.6 is 11.6 Å². The van der Waals surface area contributed by atoms with Gasteiger partial charge in [-0.15, -0.1) is 0 Å². The third kappa shape index (κ3) is 3.81. The molecule has 3 heterocycles. The maximum Gasteiger partial charge on any atom is 0.241 e. The van der Waals surface area contributed by atoms with Gasteiger partial charge in [0.25, 0.3) is 0 Å². The molecule has 31 heavy (non-hydrogen) atoms. The molecule has 4 aliphatic rings. The molecular weight excluding hydrogens is 414 g/mol. The van der Waals surface area contributed by atoms with Gasteiger partial charge in [-0.25, -0.2) is 5.01 Å². The van der Waals surface area contributed by atoms with E-state index in [1.54, 1.807) is 0 Å². The summed E-state index contributed by atoms with van der Waals surface area (Å²) in [5, 5.41) is 2.95. The third-order valence-electron chi connectivity index (χ3n) is 7.61. The molecule has 0 aromatic heterocycles. The molecule has 5 rings (SSSR count). The SMILES string of the molecule is CCN1C(=O)C2CCNN2C2CCC(C(=O)N3CCN(c4cccc(Cl)c4)CC3)CC21. The number of likely N-dealkylation sites (N-methyl/N-ethyl adjacent to an activating group) is 1. The van der Waals surface area contributed by atoms with Crippen LogP contribution in [0.5, 0.6) is 0 Å². The molecule has 1 aliphatic carbocycles. The minimum absolute atomic E-state index is 0.0139. The fourth-order valence-corrected chi connectivity index (χ4v) is 6.23. The van der Waals surface area contributed by atoms with Crippen molar-refractivity contribution < 1.29 is 9.59 Å². The lowest BCUT2D eigenvalue weighted by Crippen LogP contribution is -2.68. The molecule has 4 fully saturated rings. The summed E-state index contributed by atoms with van der Waals surface area (Å²) in [6, 6.07) is 8.36. The lowest BCUT2D eigenvalue weighted by atomic mass is 9.78. The van der Waals surface area contributed by atoms with Crippen molar-refractivity contribution >= 4 is 29.1 Å². The van der Waals surface area contributed by atoms with Gasteiger partial charge in [0.15, 0.2) is 0 Å². The zero-order valence-corrected chi connectivity index (χ0v) is 18.9. The number of halogens is 1. The topological polar surface area (TPSA) is 59.1 Å². The van der Waals surface area contributed by atoms with Gasteiger partial charge in [0, 0.05) is 68.0 Å². The fourth-order valence-electron chi connectivity index (χ4n) is 6.05. The molecule has 3 aliphatic heterocycles. The van der Waals surface area contributed by atoms with Crippen molar-refractivity contribution in [3.63, 3.8) is 0 Å². The number of fused-ring (bicyclic) bond motifs is 3. The number of nitrogens with zero attached hydrogens (tertiary/aromatic N) is 4. The summed E-state index contributed by atoms with van der Waals surface area (Å²) < 4.78 is 0. The highest BCUT2D eigenvalue weighted by Crippen LogP contribution is 2.38. The molecular formula is C23H32ClN5O2. The standard InChI is InChI=1S/C23H32ClN5O2/c1-2-28-21-14-16(6-7-19(21)29-20(23(28)31)8-9-25-29)22(30)27-12-10-26(11-13-27)18-5-3-4-17(24)15-18/h3-5,15-16,19-21,25H,2,6-14H2,1H3. The maximum atomic E-state index is 13.4. The van der Waals surface area contributed by atoms with Crippen LogP contribution in [-0.4, -0.2) is 84.0 Å². The Hall–Kier alpha value is -1.83. The largest absolute Gasteiger partial charge is 0.368 e. The van der Waals surface area contributed by atoms with Crippen molar-refractivity contribution in [3.8, 4) is 0 Å². The number of benzene rings is 1. The van der Waals surface area contributed by atoms with Crippen LogP contribution in [0, 0.1) is 5.92 Å². The third-order valence-corrected chi connectivity index (χ3v) is 7.84. The lowest BCUT2D eigenvalue weighted by molar-refractivity contribution is -0.157. The minimum Gasteiger partial charge on any atom is -0.368 e. The van der Waals surface area contributed by atoms with E-state index in [0.29, 0.717) is 6.04 Å². The quantitative estimate of drug-likeness (QED) is 0.770. The smallest absolute Gasteiger partial charge is 0.241 e. The van der Waals surface area contributed by atoms with E-state index >= 15 is 0 Å². The van der Waals surface area contributed by atoms with E-state index < -0.39 is 0 Å². The van der Waals surface area contributed by atoms with E-state index in [2.05, 4.69) is 33.2 Å². The molecule has 2 amide bonds. The molecule has 0 spiro atoms. The predicted octanol–water partition coefficient (Wildman–Crippen LogP) is 1.97. The van der Waals surface area contributed by atoms with Crippen LogP contribution in [0.1, 0.15) is 32.6 Å². The van der Waals surface area contributed by atoms with Crippen molar-refractivity contribution in [1.29, 1.82) is 0 Å². The minimum atomic E-state index is -0.0204. The number of carbonyl (C=O) groups excluding carboxylic acids is 2. The number of hydrogen-bond acceptors (Lipinski definition) is 5. The van der Waals surface area contributed by atoms with Crippen molar-refractivity contribution in [2.24, 2.45) is 5.92 Å². The van der Waals surface area contributed by atoms with Crippen LogP contribution in [-0.2, 0) is 9.59 Å². The Bertz CT molecular complexity index is 843. The summed E-state index contributed by atoms with van der Waals surface area (Å²) in [6.45, 7) is 6.78. The average molecular weight is 446 g/mol. The van der Waals surface area contributed by atoms with Gasteiger partial charge >= 0.3 is 0 Å². The van der Waals surface area contributed by atoms with Gasteiger partial charge in [-0.05, 0) is 50.8 Å². The number of amides is 2. The first kappa shape index (κ1) is 21.0. The second kappa shape index (κ2) is 8.60. The molecule has 3 saturated heterocycles. The van der Waals surface area contributed by atoms with E-state index in [9.17, 15) is 9.59 Å². The molecule has 8 heteroatoms. The molecule has 168 valence electrons. The first-order chi connectivity index (χ1) is 15.1. The Morgan fingerprint density at radius 2 is 1.94 bits per heavy atom. The number of rotatable bonds is 3. The summed E-state index contributed by atoms with van der Waals surface area (Å²) in [4.78, 5) is 32.8. The first-order valence-corrected chi connectivity index (χ1v) is 12.1. The summed E-state index contributed by atoms with van der Waals surface area (Å²) in [7, 11) is 0. The Labute approximate surface area is 189 Å². The van der Waals surface area contributed by atoms with Gasteiger partial charge in [0.2, 0.25) is 11.8 Å². The molecule has 1 saturated carbocycles. The van der Waals surface area contributed by atoms with Crippen molar-refractivity contribution in [2.45, 2.75) is 50.7 Å². The molecule has 4 atom stereocenters. The average Bonchev–Trinajstić information content (AvgIpc) is 3.29. The van der Waals surface area contributed by atoms with Gasteiger partial charge < -0.3 is 14.7 Å². The van der Waals surface area contributed by atoms with Crippen molar-refractivity contribution in [3.05, 3.63) is 29.3 Å². The Kier molecular flexibility index (Phi) is 5.84. The van der Waals surface area contributed by atoms with Crippen molar-refractivity contribution in [1.82, 2.24) is 20.2 Å². The van der Waals surface area contributed by atoms with Crippen LogP contribution in [0.3, 0.4) is 0 Å². The lowest BCUT2D eigenvalue weighted by Gasteiger charge is -2.52.